The highest BCUT2D eigenvalue weighted by Gasteiger charge is 2.21. The number of amides is 1. The van der Waals surface area contributed by atoms with Crippen LogP contribution in [0.3, 0.4) is 0 Å². The molecule has 180 valence electrons. The van der Waals surface area contributed by atoms with Gasteiger partial charge in [0.15, 0.2) is 5.96 Å². The molecule has 2 aromatic carbocycles. The van der Waals surface area contributed by atoms with Crippen molar-refractivity contribution < 1.29 is 14.6 Å². The van der Waals surface area contributed by atoms with Gasteiger partial charge in [0, 0.05) is 31.7 Å². The number of halogens is 1. The van der Waals surface area contributed by atoms with Crippen LogP contribution < -0.4 is 20.3 Å². The fourth-order valence-electron chi connectivity index (χ4n) is 3.59. The zero-order chi connectivity index (χ0) is 22.9. The maximum absolute atomic E-state index is 11.9. The predicted molar refractivity (Wildman–Crippen MR) is 143 cm³/mol. The lowest BCUT2D eigenvalue weighted by Crippen LogP contribution is -2.39. The lowest BCUT2D eigenvalue weighted by atomic mass is 10.1. The smallest absolute Gasteiger partial charge is 0.227 e. The number of nitrogens with zero attached hydrogens (tertiary/aromatic N) is 2. The lowest BCUT2D eigenvalue weighted by molar-refractivity contribution is -0.117. The Balaban J connectivity index is 0.00000385. The van der Waals surface area contributed by atoms with Gasteiger partial charge in [-0.3, -0.25) is 4.79 Å². The molecule has 1 saturated heterocycles. The number of nitrogens with one attached hydrogen (secondary N) is 2. The minimum atomic E-state index is -0.688. The average molecular weight is 566 g/mol. The molecule has 2 aromatic rings. The molecule has 1 heterocycles. The molecule has 0 saturated carbocycles. The minimum Gasteiger partial charge on any atom is -0.491 e. The number of aliphatic hydroxyl groups is 1. The monoisotopic (exact) mass is 566 g/mol. The van der Waals surface area contributed by atoms with Crippen molar-refractivity contribution in [1.82, 2.24) is 10.6 Å². The number of aliphatic imine (C=N–C) groups is 1. The van der Waals surface area contributed by atoms with Gasteiger partial charge < -0.3 is 25.4 Å². The molecule has 0 spiro atoms. The van der Waals surface area contributed by atoms with Crippen molar-refractivity contribution >= 4 is 41.5 Å². The molecular formula is C25H35IN4O3. The molecule has 1 fully saturated rings. The number of carbonyl (C=O) groups is 1. The normalized spacial score (nSPS) is 14.8. The average Bonchev–Trinajstić information content (AvgIpc) is 3.21. The largest absolute Gasteiger partial charge is 0.491 e. The van der Waals surface area contributed by atoms with Gasteiger partial charge in [0.25, 0.3) is 0 Å². The van der Waals surface area contributed by atoms with Gasteiger partial charge in [0.1, 0.15) is 5.75 Å². The zero-order valence-corrected chi connectivity index (χ0v) is 21.9. The third-order valence-corrected chi connectivity index (χ3v) is 5.16. The number of rotatable bonds is 9. The molecule has 1 aliphatic rings. The summed E-state index contributed by atoms with van der Waals surface area (Å²) < 4.78 is 5.71. The van der Waals surface area contributed by atoms with Crippen molar-refractivity contribution in [3.63, 3.8) is 0 Å². The second-order valence-corrected chi connectivity index (χ2v) is 8.15. The first-order valence-corrected chi connectivity index (χ1v) is 11.3. The van der Waals surface area contributed by atoms with E-state index in [1.165, 1.54) is 0 Å². The molecule has 7 nitrogen and oxygen atoms in total. The number of carbonyl (C=O) groups excluding carboxylic acids is 1. The Hall–Kier alpha value is -2.33. The summed E-state index contributed by atoms with van der Waals surface area (Å²) in [4.78, 5) is 18.4. The zero-order valence-electron chi connectivity index (χ0n) is 19.6. The summed E-state index contributed by atoms with van der Waals surface area (Å²) in [6.45, 7) is 8.29. The summed E-state index contributed by atoms with van der Waals surface area (Å²) in [5, 5.41) is 17.0. The first-order valence-electron chi connectivity index (χ1n) is 11.3. The van der Waals surface area contributed by atoms with Gasteiger partial charge in [-0.05, 0) is 62.6 Å². The van der Waals surface area contributed by atoms with Crippen LogP contribution in [0, 0.1) is 0 Å². The van der Waals surface area contributed by atoms with Gasteiger partial charge in [-0.2, -0.15) is 0 Å². The molecule has 0 radical (unpaired) electrons. The number of aliphatic hydroxyl groups excluding tert-OH is 1. The van der Waals surface area contributed by atoms with E-state index in [-0.39, 0.29) is 36.0 Å². The van der Waals surface area contributed by atoms with Crippen molar-refractivity contribution in [3.05, 3.63) is 59.7 Å². The number of hydrogen-bond acceptors (Lipinski definition) is 4. The molecule has 3 rings (SSSR count). The van der Waals surface area contributed by atoms with Crippen LogP contribution in [-0.4, -0.2) is 42.7 Å². The molecular weight excluding hydrogens is 531 g/mol. The Morgan fingerprint density at radius 1 is 1.18 bits per heavy atom. The number of ether oxygens (including phenoxy) is 1. The van der Waals surface area contributed by atoms with E-state index < -0.39 is 6.10 Å². The first kappa shape index (κ1) is 26.9. The lowest BCUT2D eigenvalue weighted by Gasteiger charge is -2.17. The maximum atomic E-state index is 11.9. The summed E-state index contributed by atoms with van der Waals surface area (Å²) in [6.07, 6.45) is 0.943. The Morgan fingerprint density at radius 2 is 1.94 bits per heavy atom. The number of benzene rings is 2. The second-order valence-electron chi connectivity index (χ2n) is 8.15. The molecule has 0 aromatic heterocycles. The predicted octanol–water partition coefficient (Wildman–Crippen LogP) is 4.01. The van der Waals surface area contributed by atoms with E-state index in [4.69, 9.17) is 4.74 Å². The highest BCUT2D eigenvalue weighted by atomic mass is 127. The summed E-state index contributed by atoms with van der Waals surface area (Å²) in [7, 11) is 0. The Labute approximate surface area is 213 Å². The first-order chi connectivity index (χ1) is 15.5. The fourth-order valence-corrected chi connectivity index (χ4v) is 3.59. The van der Waals surface area contributed by atoms with Crippen molar-refractivity contribution in [3.8, 4) is 5.75 Å². The number of anilines is 1. The van der Waals surface area contributed by atoms with Crippen LogP contribution in [0.5, 0.6) is 5.75 Å². The van der Waals surface area contributed by atoms with Crippen molar-refractivity contribution in [2.45, 2.75) is 52.4 Å². The Kier molecular flexibility index (Phi) is 10.9. The van der Waals surface area contributed by atoms with Crippen molar-refractivity contribution in [2.75, 3.05) is 24.5 Å². The minimum absolute atomic E-state index is 0. The highest BCUT2D eigenvalue weighted by Crippen LogP contribution is 2.22. The quantitative estimate of drug-likeness (QED) is 0.243. The van der Waals surface area contributed by atoms with Gasteiger partial charge in [-0.25, -0.2) is 4.99 Å². The van der Waals surface area contributed by atoms with Gasteiger partial charge in [0.05, 0.1) is 18.8 Å². The van der Waals surface area contributed by atoms with E-state index >= 15 is 0 Å². The molecule has 1 unspecified atom stereocenters. The van der Waals surface area contributed by atoms with Crippen LogP contribution in [0.25, 0.3) is 0 Å². The summed E-state index contributed by atoms with van der Waals surface area (Å²) in [5.41, 5.74) is 2.78. The maximum Gasteiger partial charge on any atom is 0.227 e. The number of guanidine groups is 1. The summed E-state index contributed by atoms with van der Waals surface area (Å²) >= 11 is 0. The summed E-state index contributed by atoms with van der Waals surface area (Å²) in [5.74, 6) is 1.57. The van der Waals surface area contributed by atoms with E-state index in [1.54, 1.807) is 0 Å². The van der Waals surface area contributed by atoms with Gasteiger partial charge >= 0.3 is 0 Å². The van der Waals surface area contributed by atoms with E-state index in [9.17, 15) is 9.90 Å². The summed E-state index contributed by atoms with van der Waals surface area (Å²) in [6, 6.07) is 15.5. The van der Waals surface area contributed by atoms with Crippen LogP contribution in [0.2, 0.25) is 0 Å². The van der Waals surface area contributed by atoms with Gasteiger partial charge in [-0.15, -0.1) is 24.0 Å². The van der Waals surface area contributed by atoms with Crippen LogP contribution >= 0.6 is 24.0 Å². The number of hydrogen-bond donors (Lipinski definition) is 3. The molecule has 8 heteroatoms. The van der Waals surface area contributed by atoms with Crippen molar-refractivity contribution in [2.24, 2.45) is 4.99 Å². The molecule has 1 atom stereocenters. The van der Waals surface area contributed by atoms with Crippen LogP contribution in [0.1, 0.15) is 50.8 Å². The standard InChI is InChI=1S/C25H34N4O3.HI/c1-4-26-25(28-17-23(30)20-7-5-8-22(15-20)32-18(2)3)27-16-19-10-12-21(13-11-19)29-14-6-9-24(29)31;/h5,7-8,10-13,15,18,23,30H,4,6,9,14,16-17H2,1-3H3,(H2,26,27,28);1H. The Morgan fingerprint density at radius 3 is 2.58 bits per heavy atom. The molecule has 0 aliphatic carbocycles. The van der Waals surface area contributed by atoms with Gasteiger partial charge in [0.2, 0.25) is 5.91 Å². The molecule has 0 bridgehead atoms. The van der Waals surface area contributed by atoms with E-state index in [1.807, 2.05) is 74.2 Å². The van der Waals surface area contributed by atoms with E-state index in [0.717, 1.165) is 42.1 Å². The van der Waals surface area contributed by atoms with Crippen LogP contribution in [0.4, 0.5) is 5.69 Å². The van der Waals surface area contributed by atoms with Crippen molar-refractivity contribution in [1.29, 1.82) is 0 Å². The second kappa shape index (κ2) is 13.4. The third kappa shape index (κ3) is 8.19. The molecule has 1 amide bonds. The fraction of sp³-hybridized carbons (Fsp3) is 0.440. The van der Waals surface area contributed by atoms with Crippen LogP contribution in [-0.2, 0) is 11.3 Å². The topological polar surface area (TPSA) is 86.2 Å². The van der Waals surface area contributed by atoms with Crippen LogP contribution in [0.15, 0.2) is 53.5 Å². The van der Waals surface area contributed by atoms with E-state index in [0.29, 0.717) is 25.5 Å². The third-order valence-electron chi connectivity index (χ3n) is 5.16. The van der Waals surface area contributed by atoms with Gasteiger partial charge in [-0.1, -0.05) is 24.3 Å². The molecule has 3 N–H and O–H groups in total. The van der Waals surface area contributed by atoms with E-state index in [2.05, 4.69) is 15.6 Å². The molecule has 1 aliphatic heterocycles. The highest BCUT2D eigenvalue weighted by molar-refractivity contribution is 14.0. The Bertz CT molecular complexity index is 918. The SMILES string of the molecule is CCNC(=NCc1ccc(N2CCCC2=O)cc1)NCC(O)c1cccc(OC(C)C)c1.I. The molecule has 33 heavy (non-hydrogen) atoms.